The molecule has 4 rings (SSSR count). The molecule has 0 fully saturated rings. The number of carboxylic acids is 1. The summed E-state index contributed by atoms with van der Waals surface area (Å²) < 4.78 is 6.14. The van der Waals surface area contributed by atoms with Crippen LogP contribution in [0.2, 0.25) is 0 Å². The zero-order chi connectivity index (χ0) is 22.5. The summed E-state index contributed by atoms with van der Waals surface area (Å²) in [5, 5.41) is 15.4. The van der Waals surface area contributed by atoms with Gasteiger partial charge in [0.15, 0.2) is 0 Å². The summed E-state index contributed by atoms with van der Waals surface area (Å²) >= 11 is 0. The Kier molecular flexibility index (Phi) is 5.94. The number of anilines is 2. The molecular formula is C24H20N4O4. The fourth-order valence-corrected chi connectivity index (χ4v) is 3.37. The van der Waals surface area contributed by atoms with Crippen LogP contribution in [0.5, 0.6) is 0 Å². The van der Waals surface area contributed by atoms with Crippen LogP contribution in [0.15, 0.2) is 78.0 Å². The van der Waals surface area contributed by atoms with E-state index in [0.29, 0.717) is 28.4 Å². The number of rotatable bonds is 8. The molecule has 32 heavy (non-hydrogen) atoms. The van der Waals surface area contributed by atoms with E-state index in [1.54, 1.807) is 6.07 Å². The van der Waals surface area contributed by atoms with E-state index in [0.717, 1.165) is 16.7 Å². The van der Waals surface area contributed by atoms with E-state index in [-0.39, 0.29) is 18.9 Å². The van der Waals surface area contributed by atoms with Gasteiger partial charge in [0, 0.05) is 23.4 Å². The Labute approximate surface area is 183 Å². The third-order valence-corrected chi connectivity index (χ3v) is 4.76. The van der Waals surface area contributed by atoms with Gasteiger partial charge in [0.2, 0.25) is 11.6 Å². The minimum Gasteiger partial charge on any atom is -0.481 e. The second-order valence-electron chi connectivity index (χ2n) is 6.92. The van der Waals surface area contributed by atoms with Crippen LogP contribution in [-0.2, 0) is 9.59 Å². The van der Waals surface area contributed by atoms with Crippen molar-refractivity contribution in [1.82, 2.24) is 9.97 Å². The second kappa shape index (κ2) is 9.13. The van der Waals surface area contributed by atoms with Gasteiger partial charge in [-0.25, -0.2) is 9.97 Å². The normalized spacial score (nSPS) is 10.6. The van der Waals surface area contributed by atoms with Gasteiger partial charge < -0.3 is 20.2 Å². The molecule has 2 aromatic carbocycles. The molecule has 1 amide bonds. The number of carbonyl (C=O) groups excluding carboxylic acids is 1. The molecule has 0 aliphatic rings. The molecule has 8 nitrogen and oxygen atoms in total. The molecule has 0 aliphatic carbocycles. The van der Waals surface area contributed by atoms with Gasteiger partial charge in [-0.05, 0) is 23.8 Å². The number of carboxylic acid groups (broad SMARTS) is 1. The van der Waals surface area contributed by atoms with Crippen molar-refractivity contribution in [3.63, 3.8) is 0 Å². The van der Waals surface area contributed by atoms with Gasteiger partial charge in [0.25, 0.3) is 0 Å². The van der Waals surface area contributed by atoms with Crippen LogP contribution in [0.4, 0.5) is 11.5 Å². The number of benzene rings is 2. The Hall–Kier alpha value is -4.46. The predicted molar refractivity (Wildman–Crippen MR) is 122 cm³/mol. The van der Waals surface area contributed by atoms with Crippen molar-refractivity contribution < 1.29 is 19.1 Å². The second-order valence-corrected chi connectivity index (χ2v) is 6.92. The Bertz CT molecular complexity index is 1300. The Morgan fingerprint density at radius 2 is 1.84 bits per heavy atom. The third-order valence-electron chi connectivity index (χ3n) is 4.76. The topological polar surface area (TPSA) is 117 Å². The number of furan rings is 1. The van der Waals surface area contributed by atoms with Gasteiger partial charge in [-0.3, -0.25) is 9.59 Å². The van der Waals surface area contributed by atoms with Crippen molar-refractivity contribution in [1.29, 1.82) is 0 Å². The molecule has 0 spiro atoms. The lowest BCUT2D eigenvalue weighted by Gasteiger charge is -2.09. The van der Waals surface area contributed by atoms with E-state index < -0.39 is 5.97 Å². The molecule has 8 heteroatoms. The van der Waals surface area contributed by atoms with Gasteiger partial charge in [0.05, 0.1) is 11.8 Å². The SMILES string of the molecule is C=CC(=O)Nc1cccc(-c2c(-c3ccccc3)oc3ncnc(NCCC(=O)O)c23)c1. The van der Waals surface area contributed by atoms with E-state index in [4.69, 9.17) is 9.52 Å². The highest BCUT2D eigenvalue weighted by Crippen LogP contribution is 2.43. The maximum Gasteiger partial charge on any atom is 0.305 e. The molecule has 0 bridgehead atoms. The maximum absolute atomic E-state index is 11.8. The highest BCUT2D eigenvalue weighted by atomic mass is 16.4. The lowest BCUT2D eigenvalue weighted by molar-refractivity contribution is -0.136. The molecule has 0 saturated carbocycles. The lowest BCUT2D eigenvalue weighted by atomic mass is 9.98. The first-order valence-corrected chi connectivity index (χ1v) is 9.89. The number of nitrogens with one attached hydrogen (secondary N) is 2. The molecule has 0 radical (unpaired) electrons. The average molecular weight is 428 g/mol. The minimum absolute atomic E-state index is 0.0622. The van der Waals surface area contributed by atoms with Crippen LogP contribution in [0.3, 0.4) is 0 Å². The van der Waals surface area contributed by atoms with Crippen molar-refractivity contribution >= 4 is 34.5 Å². The molecule has 4 aromatic rings. The van der Waals surface area contributed by atoms with Crippen LogP contribution in [-0.4, -0.2) is 33.5 Å². The Morgan fingerprint density at radius 3 is 2.59 bits per heavy atom. The molecule has 0 saturated heterocycles. The molecule has 160 valence electrons. The predicted octanol–water partition coefficient (Wildman–Crippen LogP) is 4.57. The average Bonchev–Trinajstić information content (AvgIpc) is 3.20. The van der Waals surface area contributed by atoms with Crippen molar-refractivity contribution in [2.75, 3.05) is 17.2 Å². The lowest BCUT2D eigenvalue weighted by Crippen LogP contribution is -2.09. The summed E-state index contributed by atoms with van der Waals surface area (Å²) in [4.78, 5) is 31.3. The van der Waals surface area contributed by atoms with Gasteiger partial charge in [-0.2, -0.15) is 0 Å². The molecule has 0 aliphatic heterocycles. The van der Waals surface area contributed by atoms with Crippen molar-refractivity contribution in [3.8, 4) is 22.5 Å². The zero-order valence-corrected chi connectivity index (χ0v) is 17.0. The quantitative estimate of drug-likeness (QED) is 0.352. The summed E-state index contributed by atoms with van der Waals surface area (Å²) in [5.41, 5.74) is 3.32. The monoisotopic (exact) mass is 428 g/mol. The first-order chi connectivity index (χ1) is 15.6. The summed E-state index contributed by atoms with van der Waals surface area (Å²) in [6, 6.07) is 16.9. The summed E-state index contributed by atoms with van der Waals surface area (Å²) in [6.07, 6.45) is 2.51. The van der Waals surface area contributed by atoms with Crippen LogP contribution >= 0.6 is 0 Å². The first-order valence-electron chi connectivity index (χ1n) is 9.89. The molecule has 2 aromatic heterocycles. The number of hydrogen-bond donors (Lipinski definition) is 3. The Morgan fingerprint density at radius 1 is 1.06 bits per heavy atom. The van der Waals surface area contributed by atoms with Crippen molar-refractivity contribution in [3.05, 3.63) is 73.6 Å². The van der Waals surface area contributed by atoms with Gasteiger partial charge >= 0.3 is 5.97 Å². The third kappa shape index (κ3) is 4.34. The number of hydrogen-bond acceptors (Lipinski definition) is 6. The molecule has 0 unspecified atom stereocenters. The van der Waals surface area contributed by atoms with E-state index >= 15 is 0 Å². The summed E-state index contributed by atoms with van der Waals surface area (Å²) in [7, 11) is 0. The highest BCUT2D eigenvalue weighted by Gasteiger charge is 2.22. The van der Waals surface area contributed by atoms with Crippen LogP contribution in [0.1, 0.15) is 6.42 Å². The van der Waals surface area contributed by atoms with E-state index in [1.165, 1.54) is 12.4 Å². The number of carbonyl (C=O) groups is 2. The molecular weight excluding hydrogens is 408 g/mol. The maximum atomic E-state index is 11.8. The number of aliphatic carboxylic acids is 1. The molecule has 2 heterocycles. The fraction of sp³-hybridized carbons (Fsp3) is 0.0833. The van der Waals surface area contributed by atoms with Crippen molar-refractivity contribution in [2.24, 2.45) is 0 Å². The van der Waals surface area contributed by atoms with E-state index in [9.17, 15) is 9.59 Å². The minimum atomic E-state index is -0.911. The number of nitrogens with zero attached hydrogens (tertiary/aromatic N) is 2. The van der Waals surface area contributed by atoms with E-state index in [1.807, 2.05) is 48.5 Å². The van der Waals surface area contributed by atoms with Gasteiger partial charge in [0.1, 0.15) is 17.9 Å². The molecule has 0 atom stereocenters. The number of amides is 1. The fourth-order valence-electron chi connectivity index (χ4n) is 3.37. The number of aromatic nitrogens is 2. The zero-order valence-electron chi connectivity index (χ0n) is 17.0. The van der Waals surface area contributed by atoms with E-state index in [2.05, 4.69) is 27.2 Å². The standard InChI is InChI=1S/C24H20N4O4/c1-2-18(29)28-17-10-6-9-16(13-17)20-21-23(25-12-11-19(30)31)26-14-27-24(21)32-22(20)15-7-4-3-5-8-15/h2-10,13-14H,1,11-12H2,(H,28,29)(H,30,31)(H,25,26,27). The Balaban J connectivity index is 1.90. The van der Waals surface area contributed by atoms with Crippen LogP contribution < -0.4 is 10.6 Å². The van der Waals surface area contributed by atoms with Crippen LogP contribution in [0, 0.1) is 0 Å². The summed E-state index contributed by atoms with van der Waals surface area (Å²) in [5.74, 6) is -0.167. The van der Waals surface area contributed by atoms with Gasteiger partial charge in [-0.1, -0.05) is 49.0 Å². The van der Waals surface area contributed by atoms with Crippen molar-refractivity contribution in [2.45, 2.75) is 6.42 Å². The largest absolute Gasteiger partial charge is 0.481 e. The smallest absolute Gasteiger partial charge is 0.305 e. The first kappa shape index (κ1) is 20.8. The number of fused-ring (bicyclic) bond motifs is 1. The molecule has 3 N–H and O–H groups in total. The summed E-state index contributed by atoms with van der Waals surface area (Å²) in [6.45, 7) is 3.68. The van der Waals surface area contributed by atoms with Crippen LogP contribution in [0.25, 0.3) is 33.6 Å². The highest BCUT2D eigenvalue weighted by molar-refractivity contribution is 6.06. The van der Waals surface area contributed by atoms with Gasteiger partial charge in [-0.15, -0.1) is 0 Å².